The third kappa shape index (κ3) is 14.2. The van der Waals surface area contributed by atoms with E-state index in [2.05, 4.69) is 0 Å². The van der Waals surface area contributed by atoms with E-state index < -0.39 is 65.4 Å². The van der Waals surface area contributed by atoms with Gasteiger partial charge in [-0.2, -0.15) is 30.5 Å². The number of carbonyl (C=O) groups is 4. The Labute approximate surface area is 371 Å². The van der Waals surface area contributed by atoms with Crippen LogP contribution in [-0.4, -0.2) is 104 Å². The Hall–Kier alpha value is -6.21. The minimum atomic E-state index is -3.95. The summed E-state index contributed by atoms with van der Waals surface area (Å²) in [5.41, 5.74) is 2.49. The van der Waals surface area contributed by atoms with Crippen molar-refractivity contribution in [2.75, 3.05) is 38.3 Å². The molecular formula is C37H45N7O16S4. The van der Waals surface area contributed by atoms with Gasteiger partial charge in [0.25, 0.3) is 17.7 Å². The van der Waals surface area contributed by atoms with Crippen LogP contribution < -0.4 is 27.1 Å². The molecule has 0 bridgehead atoms. The first-order chi connectivity index (χ1) is 30.0. The number of carboxylic acid groups (broad SMARTS) is 1. The molecule has 64 heavy (non-hydrogen) atoms. The average Bonchev–Trinajstić information content (AvgIpc) is 3.75. The van der Waals surface area contributed by atoms with Gasteiger partial charge in [-0.1, -0.05) is 18.2 Å². The number of hydrogen-bond acceptors (Lipinski definition) is 15. The maximum absolute atomic E-state index is 11.7. The van der Waals surface area contributed by atoms with Crippen molar-refractivity contribution in [3.8, 4) is 23.3 Å². The number of carbonyl (C=O) groups excluding carboxylic acids is 3. The van der Waals surface area contributed by atoms with E-state index in [-0.39, 0.29) is 66.1 Å². The SMILES string of the molecule is N#CCCCc1ccc(N2CC(=O)NS2(=O)=O)c(O)c1.O=C(O)CCCCc1ccc(N2CC(=O)NS2(=O)=O)c(O)c1.O=C1CN(c2ccc(CCCCS(=O)O)cc2O)S(=O)(=O)N1. The minimum absolute atomic E-state index is 0.0348. The molecule has 0 saturated carbocycles. The summed E-state index contributed by atoms with van der Waals surface area (Å²) in [6.45, 7) is -1.07. The van der Waals surface area contributed by atoms with Crippen molar-refractivity contribution in [2.24, 2.45) is 0 Å². The molecule has 1 atom stereocenters. The number of aryl methyl sites for hydroxylation is 3. The first kappa shape index (κ1) is 50.4. The molecule has 3 heterocycles. The molecule has 27 heteroatoms. The van der Waals surface area contributed by atoms with Gasteiger partial charge in [0.15, 0.2) is 11.1 Å². The highest BCUT2D eigenvalue weighted by Gasteiger charge is 2.37. The molecule has 6 rings (SSSR count). The van der Waals surface area contributed by atoms with Gasteiger partial charge in [-0.05, 0) is 104 Å². The van der Waals surface area contributed by atoms with Gasteiger partial charge in [-0.25, -0.2) is 31.3 Å². The van der Waals surface area contributed by atoms with Crippen LogP contribution in [-0.2, 0) is 80.1 Å². The normalized spacial score (nSPS) is 17.2. The number of aliphatic carboxylic acids is 1. The Balaban J connectivity index is 0.000000211. The molecule has 3 fully saturated rings. The van der Waals surface area contributed by atoms with Crippen molar-refractivity contribution in [2.45, 2.75) is 64.2 Å². The highest BCUT2D eigenvalue weighted by molar-refractivity contribution is 7.92. The third-order valence-electron chi connectivity index (χ3n) is 9.28. The zero-order valence-corrected chi connectivity index (χ0v) is 37.0. The Morgan fingerprint density at radius 1 is 0.609 bits per heavy atom. The number of hydrogen-bond donors (Lipinski definition) is 8. The second-order valence-electron chi connectivity index (χ2n) is 14.2. The lowest BCUT2D eigenvalue weighted by Gasteiger charge is -2.16. The van der Waals surface area contributed by atoms with Crippen LogP contribution in [0.5, 0.6) is 17.2 Å². The number of carboxylic acids is 1. The van der Waals surface area contributed by atoms with Gasteiger partial charge in [0.05, 0.1) is 23.1 Å². The second kappa shape index (κ2) is 21.9. The van der Waals surface area contributed by atoms with Gasteiger partial charge in [-0.3, -0.25) is 19.2 Å². The molecule has 0 aliphatic carbocycles. The fourth-order valence-electron chi connectivity index (χ4n) is 6.32. The quantitative estimate of drug-likeness (QED) is 0.0730. The van der Waals surface area contributed by atoms with Crippen LogP contribution >= 0.6 is 0 Å². The second-order valence-corrected chi connectivity index (χ2v) is 20.0. The molecule has 3 amide bonds. The molecule has 3 aromatic rings. The third-order valence-corrected chi connectivity index (χ3v) is 14.1. The maximum atomic E-state index is 11.7. The molecule has 0 aromatic heterocycles. The van der Waals surface area contributed by atoms with Crippen LogP contribution in [0.2, 0.25) is 0 Å². The van der Waals surface area contributed by atoms with Crippen LogP contribution in [0.1, 0.15) is 61.6 Å². The number of amides is 3. The Bertz CT molecular complexity index is 2540. The van der Waals surface area contributed by atoms with Gasteiger partial charge in [0, 0.05) is 18.6 Å². The van der Waals surface area contributed by atoms with Crippen LogP contribution in [0.15, 0.2) is 54.6 Å². The maximum Gasteiger partial charge on any atom is 0.326 e. The number of phenols is 3. The van der Waals surface area contributed by atoms with Gasteiger partial charge in [-0.15, -0.1) is 0 Å². The molecule has 23 nitrogen and oxygen atoms in total. The van der Waals surface area contributed by atoms with Gasteiger partial charge >= 0.3 is 36.6 Å². The lowest BCUT2D eigenvalue weighted by Crippen LogP contribution is -2.29. The predicted octanol–water partition coefficient (Wildman–Crippen LogP) is 0.908. The number of rotatable bonds is 16. The summed E-state index contributed by atoms with van der Waals surface area (Å²) in [4.78, 5) is 43.9. The van der Waals surface area contributed by atoms with Crippen LogP contribution in [0.25, 0.3) is 0 Å². The number of unbranched alkanes of at least 4 members (excludes halogenated alkanes) is 3. The van der Waals surface area contributed by atoms with E-state index in [0.717, 1.165) is 29.6 Å². The molecule has 0 radical (unpaired) electrons. The Kier molecular flexibility index (Phi) is 17.3. The summed E-state index contributed by atoms with van der Waals surface area (Å²) in [5, 5.41) is 46.9. The molecule has 3 aliphatic rings. The average molecular weight is 972 g/mol. The van der Waals surface area contributed by atoms with E-state index in [1.807, 2.05) is 20.2 Å². The molecule has 8 N–H and O–H groups in total. The van der Waals surface area contributed by atoms with Gasteiger partial charge < -0.3 is 25.0 Å². The highest BCUT2D eigenvalue weighted by Crippen LogP contribution is 2.34. The number of benzene rings is 3. The van der Waals surface area contributed by atoms with Crippen molar-refractivity contribution in [1.82, 2.24) is 14.2 Å². The topological polar surface area (TPSA) is 359 Å². The minimum Gasteiger partial charge on any atom is -0.506 e. The molecule has 1 unspecified atom stereocenters. The summed E-state index contributed by atoms with van der Waals surface area (Å²) in [6.07, 6.45) is 5.37. The Morgan fingerprint density at radius 3 is 1.23 bits per heavy atom. The fraction of sp³-hybridized carbons (Fsp3) is 0.378. The van der Waals surface area contributed by atoms with Crippen molar-refractivity contribution in [3.05, 3.63) is 71.3 Å². The highest BCUT2D eigenvalue weighted by atomic mass is 32.2. The van der Waals surface area contributed by atoms with Gasteiger partial charge in [0.1, 0.15) is 36.9 Å². The number of anilines is 3. The van der Waals surface area contributed by atoms with E-state index >= 15 is 0 Å². The standard InChI is InChI=1S/C13H16N2O6S.C12H13N3O4S.C12H16N2O6S2/c16-11-7-9(3-1-2-4-13(18)19)5-6-10(11)15-8-12(17)14-22(15,20)21;13-6-2-1-3-9-4-5-10(11(16)7-9)15-8-12(17)14-20(15,18)19;15-11-7-9(3-1-2-6-21(17)18)4-5-10(11)14-8-12(16)13-22(14,19)20/h5-7,16H,1-4,8H2,(H,14,17)(H,18,19);4-5,7,16H,1-3,8H2,(H,14,17);4-5,7,15H,1-3,6,8H2,(H,13,16)(H,17,18). The van der Waals surface area contributed by atoms with E-state index in [0.29, 0.717) is 57.8 Å². The molecule has 3 aliphatic heterocycles. The van der Waals surface area contributed by atoms with Crippen LogP contribution in [0.4, 0.5) is 17.1 Å². The number of nitriles is 1. The van der Waals surface area contributed by atoms with E-state index in [1.54, 1.807) is 18.2 Å². The van der Waals surface area contributed by atoms with E-state index in [9.17, 15) is 64.0 Å². The molecule has 0 spiro atoms. The monoisotopic (exact) mass is 971 g/mol. The fourth-order valence-corrected chi connectivity index (χ4v) is 10.3. The van der Waals surface area contributed by atoms with Crippen molar-refractivity contribution in [3.63, 3.8) is 0 Å². The summed E-state index contributed by atoms with van der Waals surface area (Å²) < 4.78 is 97.3. The number of aromatic hydroxyl groups is 3. The summed E-state index contributed by atoms with van der Waals surface area (Å²) >= 11 is -1.81. The van der Waals surface area contributed by atoms with Gasteiger partial charge in [0.2, 0.25) is 0 Å². The predicted molar refractivity (Wildman–Crippen MR) is 230 cm³/mol. The lowest BCUT2D eigenvalue weighted by molar-refractivity contribution is -0.137. The van der Waals surface area contributed by atoms with Crippen LogP contribution in [0, 0.1) is 11.3 Å². The van der Waals surface area contributed by atoms with Crippen LogP contribution in [0.3, 0.4) is 0 Å². The van der Waals surface area contributed by atoms with Crippen molar-refractivity contribution in [1.29, 1.82) is 5.26 Å². The zero-order valence-electron chi connectivity index (χ0n) is 33.7. The lowest BCUT2D eigenvalue weighted by atomic mass is 10.1. The number of nitrogens with zero attached hydrogens (tertiary/aromatic N) is 4. The summed E-state index contributed by atoms with van der Waals surface area (Å²) in [5.74, 6) is -3.28. The van der Waals surface area contributed by atoms with E-state index in [1.165, 1.54) is 36.4 Å². The smallest absolute Gasteiger partial charge is 0.326 e. The molecule has 3 aromatic carbocycles. The largest absolute Gasteiger partial charge is 0.506 e. The molecule has 3 saturated heterocycles. The van der Waals surface area contributed by atoms with Crippen molar-refractivity contribution < 1.29 is 73.6 Å². The zero-order chi connectivity index (χ0) is 47.4. The Morgan fingerprint density at radius 2 is 0.953 bits per heavy atom. The first-order valence-electron chi connectivity index (χ1n) is 19.1. The summed E-state index contributed by atoms with van der Waals surface area (Å²) in [7, 11) is -11.8. The van der Waals surface area contributed by atoms with Crippen molar-refractivity contribution >= 4 is 82.5 Å². The number of phenolic OH excluding ortho intramolecular Hbond substituents is 3. The van der Waals surface area contributed by atoms with E-state index in [4.69, 9.17) is 14.9 Å². The molecular weight excluding hydrogens is 927 g/mol. The molecule has 348 valence electrons. The summed E-state index contributed by atoms with van der Waals surface area (Å²) in [6, 6.07) is 15.6. The first-order valence-corrected chi connectivity index (χ1v) is 24.7. The number of nitrogens with one attached hydrogen (secondary N) is 3.